The van der Waals surface area contributed by atoms with E-state index < -0.39 is 0 Å². The summed E-state index contributed by atoms with van der Waals surface area (Å²) in [5.74, 6) is 0.618. The molecule has 3 rings (SSSR count). The van der Waals surface area contributed by atoms with Crippen LogP contribution in [-0.2, 0) is 0 Å². The zero-order valence-corrected chi connectivity index (χ0v) is 15.4. The molecule has 0 saturated carbocycles. The van der Waals surface area contributed by atoms with E-state index in [9.17, 15) is 0 Å². The molecular weight excluding hydrogens is 314 g/mol. The van der Waals surface area contributed by atoms with Gasteiger partial charge in [0.1, 0.15) is 0 Å². The van der Waals surface area contributed by atoms with Crippen LogP contribution in [0.2, 0.25) is 5.02 Å². The maximum atomic E-state index is 5.97. The molecular formula is C22H28ClN. The molecule has 0 amide bonds. The standard InChI is InChI=1S/C22H28ClN/c1-18(14-17-24-15-4-2-3-5-16-24)19-6-8-20(9-7-19)21-10-12-22(23)13-11-21/h6-13,18H,2-5,14-17H2,1H3. The van der Waals surface area contributed by atoms with Gasteiger partial charge in [0.15, 0.2) is 0 Å². The Morgan fingerprint density at radius 2 is 1.38 bits per heavy atom. The summed E-state index contributed by atoms with van der Waals surface area (Å²) in [5.41, 5.74) is 3.93. The first-order chi connectivity index (χ1) is 11.7. The quantitative estimate of drug-likeness (QED) is 0.610. The lowest BCUT2D eigenvalue weighted by molar-refractivity contribution is 0.275. The summed E-state index contributed by atoms with van der Waals surface area (Å²) in [6, 6.07) is 17.1. The third-order valence-electron chi connectivity index (χ3n) is 5.23. The first kappa shape index (κ1) is 17.5. The number of nitrogens with zero attached hydrogens (tertiary/aromatic N) is 1. The summed E-state index contributed by atoms with van der Waals surface area (Å²) < 4.78 is 0. The van der Waals surface area contributed by atoms with Gasteiger partial charge < -0.3 is 4.90 Å². The molecule has 0 radical (unpaired) electrons. The predicted molar refractivity (Wildman–Crippen MR) is 105 cm³/mol. The molecule has 0 bridgehead atoms. The van der Waals surface area contributed by atoms with Crippen molar-refractivity contribution in [2.45, 2.75) is 44.9 Å². The molecule has 1 atom stereocenters. The number of likely N-dealkylation sites (tertiary alicyclic amines) is 1. The highest BCUT2D eigenvalue weighted by atomic mass is 35.5. The highest BCUT2D eigenvalue weighted by Gasteiger charge is 2.12. The second kappa shape index (κ2) is 8.69. The van der Waals surface area contributed by atoms with Crippen LogP contribution in [0.25, 0.3) is 11.1 Å². The molecule has 1 nitrogen and oxygen atoms in total. The van der Waals surface area contributed by atoms with Gasteiger partial charge in [-0.25, -0.2) is 0 Å². The van der Waals surface area contributed by atoms with Crippen LogP contribution < -0.4 is 0 Å². The fourth-order valence-corrected chi connectivity index (χ4v) is 3.68. The molecule has 24 heavy (non-hydrogen) atoms. The van der Waals surface area contributed by atoms with Crippen molar-refractivity contribution in [2.24, 2.45) is 0 Å². The van der Waals surface area contributed by atoms with Gasteiger partial charge in [0.05, 0.1) is 0 Å². The van der Waals surface area contributed by atoms with Crippen LogP contribution in [0.1, 0.15) is 50.5 Å². The molecule has 1 aliphatic rings. The van der Waals surface area contributed by atoms with E-state index in [0.29, 0.717) is 5.92 Å². The third-order valence-corrected chi connectivity index (χ3v) is 5.49. The SMILES string of the molecule is CC(CCN1CCCCCC1)c1ccc(-c2ccc(Cl)cc2)cc1. The molecule has 0 aliphatic carbocycles. The highest BCUT2D eigenvalue weighted by molar-refractivity contribution is 6.30. The third kappa shape index (κ3) is 4.84. The number of halogens is 1. The normalized spacial score (nSPS) is 17.4. The van der Waals surface area contributed by atoms with E-state index in [1.807, 2.05) is 12.1 Å². The van der Waals surface area contributed by atoms with E-state index in [-0.39, 0.29) is 0 Å². The molecule has 0 spiro atoms. The Labute approximate surface area is 151 Å². The highest BCUT2D eigenvalue weighted by Crippen LogP contribution is 2.26. The zero-order valence-electron chi connectivity index (χ0n) is 14.7. The van der Waals surface area contributed by atoms with E-state index in [1.54, 1.807) is 0 Å². The van der Waals surface area contributed by atoms with Crippen LogP contribution in [-0.4, -0.2) is 24.5 Å². The van der Waals surface area contributed by atoms with Crippen molar-refractivity contribution in [1.29, 1.82) is 0 Å². The van der Waals surface area contributed by atoms with Gasteiger partial charge in [0.25, 0.3) is 0 Å². The van der Waals surface area contributed by atoms with Gasteiger partial charge in [-0.1, -0.05) is 67.8 Å². The largest absolute Gasteiger partial charge is 0.303 e. The first-order valence-corrected chi connectivity index (χ1v) is 9.68. The topological polar surface area (TPSA) is 3.24 Å². The number of benzene rings is 2. The fourth-order valence-electron chi connectivity index (χ4n) is 3.55. The summed E-state index contributed by atoms with van der Waals surface area (Å²) in [5, 5.41) is 0.789. The van der Waals surface area contributed by atoms with Crippen molar-refractivity contribution >= 4 is 11.6 Å². The Morgan fingerprint density at radius 1 is 0.833 bits per heavy atom. The molecule has 1 fully saturated rings. The van der Waals surface area contributed by atoms with Gasteiger partial charge >= 0.3 is 0 Å². The van der Waals surface area contributed by atoms with Crippen LogP contribution in [0, 0.1) is 0 Å². The van der Waals surface area contributed by atoms with Crippen LogP contribution in [0.15, 0.2) is 48.5 Å². The molecule has 2 aromatic rings. The average Bonchev–Trinajstić information content (AvgIpc) is 2.89. The number of hydrogen-bond donors (Lipinski definition) is 0. The molecule has 0 aromatic heterocycles. The molecule has 1 aliphatic heterocycles. The smallest absolute Gasteiger partial charge is 0.0406 e. The molecule has 2 aromatic carbocycles. The van der Waals surface area contributed by atoms with Gasteiger partial charge in [0.2, 0.25) is 0 Å². The van der Waals surface area contributed by atoms with Gasteiger partial charge in [-0.15, -0.1) is 0 Å². The van der Waals surface area contributed by atoms with Crippen molar-refractivity contribution in [3.63, 3.8) is 0 Å². The Bertz CT molecular complexity index is 609. The molecule has 128 valence electrons. The summed E-state index contributed by atoms with van der Waals surface area (Å²) in [4.78, 5) is 2.66. The Kier molecular flexibility index (Phi) is 6.34. The minimum atomic E-state index is 0.618. The van der Waals surface area contributed by atoms with Crippen molar-refractivity contribution < 1.29 is 0 Å². The van der Waals surface area contributed by atoms with E-state index in [0.717, 1.165) is 5.02 Å². The summed E-state index contributed by atoms with van der Waals surface area (Å²) in [7, 11) is 0. The number of rotatable bonds is 5. The monoisotopic (exact) mass is 341 g/mol. The maximum Gasteiger partial charge on any atom is 0.0406 e. The van der Waals surface area contributed by atoms with Crippen LogP contribution in [0.5, 0.6) is 0 Å². The van der Waals surface area contributed by atoms with Crippen molar-refractivity contribution in [3.05, 3.63) is 59.1 Å². The Hall–Kier alpha value is -1.31. The summed E-state index contributed by atoms with van der Waals surface area (Å²) in [6.07, 6.45) is 6.84. The van der Waals surface area contributed by atoms with Crippen molar-refractivity contribution in [2.75, 3.05) is 19.6 Å². The minimum Gasteiger partial charge on any atom is -0.303 e. The van der Waals surface area contributed by atoms with E-state index in [2.05, 4.69) is 48.2 Å². The molecule has 1 unspecified atom stereocenters. The lowest BCUT2D eigenvalue weighted by atomic mass is 9.95. The Balaban J connectivity index is 1.57. The first-order valence-electron chi connectivity index (χ1n) is 9.30. The van der Waals surface area contributed by atoms with Crippen molar-refractivity contribution in [3.8, 4) is 11.1 Å². The second-order valence-electron chi connectivity index (χ2n) is 7.07. The van der Waals surface area contributed by atoms with Crippen LogP contribution >= 0.6 is 11.6 Å². The summed E-state index contributed by atoms with van der Waals surface area (Å²) >= 11 is 5.97. The van der Waals surface area contributed by atoms with Gasteiger partial charge in [-0.05, 0) is 73.6 Å². The van der Waals surface area contributed by atoms with Crippen LogP contribution in [0.4, 0.5) is 0 Å². The van der Waals surface area contributed by atoms with Crippen molar-refractivity contribution in [1.82, 2.24) is 4.90 Å². The van der Waals surface area contributed by atoms with Gasteiger partial charge in [-0.2, -0.15) is 0 Å². The lowest BCUT2D eigenvalue weighted by Crippen LogP contribution is -2.26. The molecule has 1 heterocycles. The second-order valence-corrected chi connectivity index (χ2v) is 7.51. The fraction of sp³-hybridized carbons (Fsp3) is 0.455. The lowest BCUT2D eigenvalue weighted by Gasteiger charge is -2.22. The van der Waals surface area contributed by atoms with E-state index >= 15 is 0 Å². The summed E-state index contributed by atoms with van der Waals surface area (Å²) in [6.45, 7) is 6.18. The Morgan fingerprint density at radius 3 is 1.96 bits per heavy atom. The molecule has 2 heteroatoms. The number of hydrogen-bond acceptors (Lipinski definition) is 1. The van der Waals surface area contributed by atoms with E-state index in [1.165, 1.54) is 68.4 Å². The molecule has 1 saturated heterocycles. The van der Waals surface area contributed by atoms with Gasteiger partial charge in [-0.3, -0.25) is 0 Å². The maximum absolute atomic E-state index is 5.97. The molecule has 0 N–H and O–H groups in total. The zero-order chi connectivity index (χ0) is 16.8. The minimum absolute atomic E-state index is 0.618. The van der Waals surface area contributed by atoms with Crippen LogP contribution in [0.3, 0.4) is 0 Å². The predicted octanol–water partition coefficient (Wildman–Crippen LogP) is 6.38. The average molecular weight is 342 g/mol. The van der Waals surface area contributed by atoms with Gasteiger partial charge in [0, 0.05) is 5.02 Å². The van der Waals surface area contributed by atoms with E-state index in [4.69, 9.17) is 11.6 Å².